The third-order valence-corrected chi connectivity index (χ3v) is 9.92. The molecule has 0 heterocycles. The zero-order valence-corrected chi connectivity index (χ0v) is 35.5. The van der Waals surface area contributed by atoms with Crippen LogP contribution in [-0.4, -0.2) is 38.2 Å². The average Bonchev–Trinajstić information content (AvgIpc) is 3.28. The Morgan fingerprint density at radius 1 is 0.422 bits per heavy atom. The van der Waals surface area contributed by atoms with Gasteiger partial charge in [-0.15, -0.1) is 32.9 Å². The van der Waals surface area contributed by atoms with Gasteiger partial charge in [-0.25, -0.2) is 0 Å². The molecule has 10 heteroatoms. The third kappa shape index (κ3) is 11.8. The number of phenolic OH excluding ortho intramolecular Hbond substituents is 3. The molecule has 10 nitrogen and oxygen atoms in total. The molecule has 328 valence electrons. The van der Waals surface area contributed by atoms with Gasteiger partial charge in [0.05, 0.1) is 0 Å². The Morgan fingerprint density at radius 2 is 0.828 bits per heavy atom. The van der Waals surface area contributed by atoms with Crippen molar-refractivity contribution >= 4 is 0 Å². The molecule has 0 unspecified atom stereocenters. The van der Waals surface area contributed by atoms with Gasteiger partial charge in [0.25, 0.3) is 0 Å². The van der Waals surface area contributed by atoms with Gasteiger partial charge < -0.3 is 49.2 Å². The van der Waals surface area contributed by atoms with Crippen molar-refractivity contribution in [3.05, 3.63) is 206 Å². The van der Waals surface area contributed by atoms with Crippen LogP contribution in [0, 0.1) is 0 Å². The summed E-state index contributed by atoms with van der Waals surface area (Å²) in [5.74, 6) is 0.261. The lowest BCUT2D eigenvalue weighted by Crippen LogP contribution is -2.25. The molecule has 0 bridgehead atoms. The first-order valence-corrected chi connectivity index (χ1v) is 20.6. The highest BCUT2D eigenvalue weighted by Crippen LogP contribution is 2.49. The minimum atomic E-state index is -1.68. The topological polar surface area (TPSA) is 147 Å². The molecule has 0 saturated heterocycles. The summed E-state index contributed by atoms with van der Waals surface area (Å²) < 4.78 is 31.3. The number of hydrogen-bond donors (Lipinski definition) is 5. The summed E-state index contributed by atoms with van der Waals surface area (Å²) in [4.78, 5) is 0. The fourth-order valence-electron chi connectivity index (χ4n) is 6.73. The van der Waals surface area contributed by atoms with E-state index in [1.807, 2.05) is 54.6 Å². The summed E-state index contributed by atoms with van der Waals surface area (Å²) in [5, 5.41) is 55.9. The molecule has 0 spiro atoms. The number of allylic oxidation sites excluding steroid dienone is 5. The highest BCUT2D eigenvalue weighted by Gasteiger charge is 2.26. The van der Waals surface area contributed by atoms with Gasteiger partial charge >= 0.3 is 0 Å². The molecule has 6 aromatic rings. The second-order valence-corrected chi connectivity index (χ2v) is 14.9. The molecule has 0 aliphatic heterocycles. The Labute approximate surface area is 373 Å². The number of rotatable bonds is 23. The second-order valence-electron chi connectivity index (χ2n) is 14.9. The lowest BCUT2D eigenvalue weighted by Gasteiger charge is -2.22. The summed E-state index contributed by atoms with van der Waals surface area (Å²) in [7, 11) is 0. The van der Waals surface area contributed by atoms with Crippen LogP contribution in [-0.2, 0) is 32.1 Å². The number of phenols is 3. The van der Waals surface area contributed by atoms with Crippen LogP contribution in [0.3, 0.4) is 0 Å². The Bertz CT molecular complexity index is 2580. The van der Waals surface area contributed by atoms with Crippen LogP contribution in [0.25, 0.3) is 0 Å². The van der Waals surface area contributed by atoms with Gasteiger partial charge in [0.15, 0.2) is 34.5 Å². The van der Waals surface area contributed by atoms with Crippen LogP contribution in [0.4, 0.5) is 0 Å². The van der Waals surface area contributed by atoms with Crippen molar-refractivity contribution in [3.63, 3.8) is 0 Å². The number of aliphatic hydroxyl groups excluding tert-OH is 2. The zero-order chi connectivity index (χ0) is 45.6. The van der Waals surface area contributed by atoms with E-state index >= 15 is 0 Å². The van der Waals surface area contributed by atoms with E-state index in [-0.39, 0.29) is 45.8 Å². The molecule has 0 radical (unpaired) electrons. The monoisotopic (exact) mass is 860 g/mol. The van der Waals surface area contributed by atoms with Gasteiger partial charge in [0.2, 0.25) is 17.2 Å². The van der Waals surface area contributed by atoms with Crippen molar-refractivity contribution in [2.75, 3.05) is 6.61 Å². The summed E-state index contributed by atoms with van der Waals surface area (Å²) in [6.45, 7) is 18.5. The number of aromatic hydroxyl groups is 3. The zero-order valence-electron chi connectivity index (χ0n) is 35.5. The summed E-state index contributed by atoms with van der Waals surface area (Å²) in [6, 6.07) is 31.3. The smallest absolute Gasteiger partial charge is 0.212 e. The van der Waals surface area contributed by atoms with E-state index in [1.54, 1.807) is 66.8 Å². The summed E-state index contributed by atoms with van der Waals surface area (Å²) in [5.41, 5.74) is 4.51. The molecule has 0 saturated carbocycles. The van der Waals surface area contributed by atoms with E-state index in [0.29, 0.717) is 54.9 Å². The molecule has 0 aliphatic rings. The van der Waals surface area contributed by atoms with E-state index in [4.69, 9.17) is 23.7 Å². The quantitative estimate of drug-likeness (QED) is 0.0311. The van der Waals surface area contributed by atoms with Gasteiger partial charge in [-0.2, -0.15) is 0 Å². The van der Waals surface area contributed by atoms with Crippen LogP contribution in [0.5, 0.6) is 69.0 Å². The van der Waals surface area contributed by atoms with Crippen LogP contribution in [0.2, 0.25) is 0 Å². The molecule has 6 rings (SSSR count). The first-order chi connectivity index (χ1) is 31.0. The molecule has 0 aliphatic carbocycles. The van der Waals surface area contributed by atoms with Crippen LogP contribution in [0.1, 0.15) is 39.5 Å². The minimum absolute atomic E-state index is 0.0263. The SMILES string of the molecule is C=CCc1ccc(Oc2cc(CC=C)cc(O)c2OC[C@@H](O)[C@H](O)c2cc(O)c(O)c(Oc3cc(CC=C)cc(Oc4ccc(CC=C)cc4)c3Oc3ccc(CC=C)cc3)c2)cc1. The standard InChI is InChI=1S/C54H52O10/c1-6-11-35-16-22-41(23-17-35)61-48-29-38(14-9-4)28-45(56)53(48)60-34-46(57)51(58)40-32-44(55)52(59)47(33-40)64-50-31-39(15-10-5)30-49(62-42-24-18-36(12-7-2)19-25-42)54(50)63-43-26-20-37(13-8-3)21-27-43/h6-10,16-33,46,51,55-59H,1-5,11-15,34H2/t46-,51-/m1/s1. The predicted octanol–water partition coefficient (Wildman–Crippen LogP) is 12.1. The highest BCUT2D eigenvalue weighted by atomic mass is 16.6. The largest absolute Gasteiger partial charge is 0.504 e. The normalized spacial score (nSPS) is 11.7. The number of hydrogen-bond acceptors (Lipinski definition) is 10. The fraction of sp³-hybridized carbons (Fsp3) is 0.148. The maximum absolute atomic E-state index is 11.5. The number of ether oxygens (including phenoxy) is 5. The van der Waals surface area contributed by atoms with E-state index in [2.05, 4.69) is 32.9 Å². The average molecular weight is 861 g/mol. The molecule has 0 amide bonds. The molecule has 0 aromatic heterocycles. The summed E-state index contributed by atoms with van der Waals surface area (Å²) in [6.07, 6.45) is 8.39. The van der Waals surface area contributed by atoms with E-state index in [1.165, 1.54) is 12.1 Å². The molecule has 0 fully saturated rings. The van der Waals surface area contributed by atoms with Gasteiger partial charge in [-0.05, 0) is 138 Å². The van der Waals surface area contributed by atoms with Crippen molar-refractivity contribution in [3.8, 4) is 69.0 Å². The third-order valence-electron chi connectivity index (χ3n) is 9.92. The van der Waals surface area contributed by atoms with Gasteiger partial charge in [-0.3, -0.25) is 0 Å². The Balaban J connectivity index is 1.30. The summed E-state index contributed by atoms with van der Waals surface area (Å²) >= 11 is 0. The second kappa shape index (κ2) is 21.9. The van der Waals surface area contributed by atoms with Crippen molar-refractivity contribution in [2.45, 2.75) is 44.3 Å². The first-order valence-electron chi connectivity index (χ1n) is 20.6. The Kier molecular flexibility index (Phi) is 15.7. The van der Waals surface area contributed by atoms with Crippen molar-refractivity contribution in [1.82, 2.24) is 0 Å². The van der Waals surface area contributed by atoms with Gasteiger partial charge in [0.1, 0.15) is 36.1 Å². The van der Waals surface area contributed by atoms with Crippen LogP contribution >= 0.6 is 0 Å². The van der Waals surface area contributed by atoms with Gasteiger partial charge in [0, 0.05) is 0 Å². The van der Waals surface area contributed by atoms with Crippen molar-refractivity contribution in [1.29, 1.82) is 0 Å². The highest BCUT2D eigenvalue weighted by molar-refractivity contribution is 5.61. The number of benzene rings is 6. The first kappa shape index (κ1) is 45.9. The minimum Gasteiger partial charge on any atom is -0.504 e. The van der Waals surface area contributed by atoms with Crippen LogP contribution in [0.15, 0.2) is 172 Å². The fourth-order valence-corrected chi connectivity index (χ4v) is 6.73. The van der Waals surface area contributed by atoms with Crippen LogP contribution < -0.4 is 23.7 Å². The Morgan fingerprint density at radius 3 is 1.30 bits per heavy atom. The van der Waals surface area contributed by atoms with Crippen molar-refractivity contribution < 1.29 is 49.2 Å². The maximum Gasteiger partial charge on any atom is 0.212 e. The molecule has 2 atom stereocenters. The molecular formula is C54H52O10. The van der Waals surface area contributed by atoms with Gasteiger partial charge in [-0.1, -0.05) is 66.8 Å². The lowest BCUT2D eigenvalue weighted by atomic mass is 10.0. The predicted molar refractivity (Wildman–Crippen MR) is 250 cm³/mol. The van der Waals surface area contributed by atoms with E-state index in [9.17, 15) is 25.5 Å². The van der Waals surface area contributed by atoms with E-state index < -0.39 is 30.3 Å². The molecule has 5 N–H and O–H groups in total. The molecule has 6 aromatic carbocycles. The lowest BCUT2D eigenvalue weighted by molar-refractivity contribution is -0.00998. The maximum atomic E-state index is 11.5. The number of aliphatic hydroxyl groups is 2. The molecule has 64 heavy (non-hydrogen) atoms. The van der Waals surface area contributed by atoms with Crippen molar-refractivity contribution in [2.24, 2.45) is 0 Å². The molecular weight excluding hydrogens is 809 g/mol. The van der Waals surface area contributed by atoms with E-state index in [0.717, 1.165) is 28.3 Å². The Hall–Kier alpha value is -7.66.